The van der Waals surface area contributed by atoms with Crippen molar-refractivity contribution in [3.63, 3.8) is 0 Å². The van der Waals surface area contributed by atoms with E-state index in [4.69, 9.17) is 45.8 Å². The molecule has 0 aliphatic carbocycles. The Morgan fingerprint density at radius 3 is 1.34 bits per heavy atom. The molecule has 0 spiro atoms. The molecule has 22 rings (SSSR count). The van der Waals surface area contributed by atoms with E-state index in [-0.39, 0.29) is 32.7 Å². The van der Waals surface area contributed by atoms with Gasteiger partial charge in [-0.25, -0.2) is 0 Å². The van der Waals surface area contributed by atoms with Gasteiger partial charge in [-0.3, -0.25) is 0 Å². The first-order chi connectivity index (χ1) is 69.3. The lowest BCUT2D eigenvalue weighted by Gasteiger charge is -2.20. The second-order valence-corrected chi connectivity index (χ2v) is 23.7. The lowest BCUT2D eigenvalue weighted by Crippen LogP contribution is -1.93. The van der Waals surface area contributed by atoms with Gasteiger partial charge in [0, 0.05) is 21.5 Å². The third-order valence-corrected chi connectivity index (χ3v) is 18.3. The van der Waals surface area contributed by atoms with E-state index in [1.165, 1.54) is 0 Å². The van der Waals surface area contributed by atoms with Crippen LogP contribution in [-0.2, 0) is 0 Å². The topological polar surface area (TPSA) is 26.3 Å². The van der Waals surface area contributed by atoms with Gasteiger partial charge in [0.2, 0.25) is 0 Å². The third kappa shape index (κ3) is 9.13. The molecule has 0 saturated carbocycles. The second-order valence-electron chi connectivity index (χ2n) is 23.7. The van der Waals surface area contributed by atoms with E-state index >= 15 is 0 Å². The minimum Gasteiger partial charge on any atom is -0.456 e. The van der Waals surface area contributed by atoms with E-state index in [9.17, 15) is 24.7 Å². The van der Waals surface area contributed by atoms with Gasteiger partial charge in [-0.2, -0.15) is 0 Å². The smallest absolute Gasteiger partial charge is 0.136 e. The van der Waals surface area contributed by atoms with Gasteiger partial charge in [-0.05, 0) is 241 Å². The van der Waals surface area contributed by atoms with Gasteiger partial charge in [0.15, 0.2) is 0 Å². The lowest BCUT2D eigenvalue weighted by atomic mass is 9.83. The highest BCUT2D eigenvalue weighted by Gasteiger charge is 2.24. The Hall–Kier alpha value is -13.4. The number of hydrogen-bond donors (Lipinski definition) is 0. The second kappa shape index (κ2) is 23.1. The first kappa shape index (κ1) is 28.8. The molecule has 2 nitrogen and oxygen atoms in total. The Bertz CT molecular complexity index is 9960. The Balaban J connectivity index is 0.000000176. The first-order valence-corrected chi connectivity index (χ1v) is 31.5. The lowest BCUT2D eigenvalue weighted by molar-refractivity contribution is 0.669. The van der Waals surface area contributed by atoms with E-state index < -0.39 is 397 Å². The minimum atomic E-state index is -1.14. The van der Waals surface area contributed by atoms with Crippen LogP contribution in [0, 0.1) is 0 Å². The monoisotopic (exact) mass is 1340 g/mol. The molecule has 102 heavy (non-hydrogen) atoms. The van der Waals surface area contributed by atoms with Crippen LogP contribution in [0.3, 0.4) is 0 Å². The molecule has 0 aliphatic rings. The Morgan fingerprint density at radius 2 is 0.667 bits per heavy atom. The third-order valence-electron chi connectivity index (χ3n) is 18.3. The molecule has 2 aromatic heterocycles. The molecular formula is C100H60O2. The van der Waals surface area contributed by atoms with Gasteiger partial charge in [-0.1, -0.05) is 296 Å². The first-order valence-electron chi connectivity index (χ1n) is 54.0. The van der Waals surface area contributed by atoms with Crippen LogP contribution in [0.1, 0.15) is 61.7 Å². The van der Waals surface area contributed by atoms with Crippen molar-refractivity contribution in [2.45, 2.75) is 0 Å². The van der Waals surface area contributed by atoms with E-state index in [0.717, 1.165) is 32.5 Å². The van der Waals surface area contributed by atoms with Crippen molar-refractivity contribution < 1.29 is 70.5 Å². The summed E-state index contributed by atoms with van der Waals surface area (Å²) in [5, 5.41) is -5.17. The van der Waals surface area contributed by atoms with Crippen molar-refractivity contribution in [1.82, 2.24) is 0 Å². The molecule has 22 aromatic rings. The Labute approximate surface area is 650 Å². The van der Waals surface area contributed by atoms with E-state index in [2.05, 4.69) is 6.07 Å². The molecule has 20 aromatic carbocycles. The number of hydrogen-bond acceptors (Lipinski definition) is 2. The zero-order valence-corrected chi connectivity index (χ0v) is 52.0. The summed E-state index contributed by atoms with van der Waals surface area (Å²) < 4.78 is 423. The number of rotatable bonds is 6. The van der Waals surface area contributed by atoms with Crippen LogP contribution in [0.2, 0.25) is 0 Å². The highest BCUT2D eigenvalue weighted by atomic mass is 16.3. The van der Waals surface area contributed by atoms with Gasteiger partial charge in [-0.15, -0.1) is 0 Å². The molecule has 0 fully saturated rings. The van der Waals surface area contributed by atoms with Crippen molar-refractivity contribution in [1.29, 1.82) is 0 Å². The normalized spacial score (nSPS) is 18.1. The Morgan fingerprint density at radius 1 is 0.186 bits per heavy atom. The van der Waals surface area contributed by atoms with Gasteiger partial charge in [0.1, 0.15) is 22.3 Å². The SMILES string of the molecule is [2H]c1c([2H])c(-c2c([2H])c(-c3c4c([2H])c([2H])c([2H])c([2H])c4c(-c4c([2H])c([2H])c([2H])c5c([2H])c([2H])c([2H])c([2H])c45)c4c([2H])c([2H])c([2H])c([2H])c34)c3c([2H])c([2H])c([2H])c([2H])c3c2[2H])c2c(oc3c([2H])c4c([2H])c([2H])c([2H])c([2H])c4c([2H])c32)c1[2H].[2H]c1c([2H])c([2H])c2c([2H])c(-c3c4c([2H])c([2H])c([2H])c([2H])c4c(-c4cc(-c5cccc6oc7cc8ccccc8cc7c56)c5ccccc5c4)c4c([2H])c([2H])c([2H])c([2H])c34)c([2H])c([2H])c2c1[2H]. The maximum Gasteiger partial charge on any atom is 0.136 e. The molecule has 0 atom stereocenters. The van der Waals surface area contributed by atoms with Crippen LogP contribution in [0.25, 0.3) is 218 Å². The molecule has 472 valence electrons. The van der Waals surface area contributed by atoms with Crippen molar-refractivity contribution in [2.24, 2.45) is 0 Å². The summed E-state index contributed by atoms with van der Waals surface area (Å²) in [4.78, 5) is 0. The quantitative estimate of drug-likeness (QED) is 0.155. The van der Waals surface area contributed by atoms with Gasteiger partial charge in [0.25, 0.3) is 0 Å². The number of fused-ring (bicyclic) bond motifs is 16. The van der Waals surface area contributed by atoms with Gasteiger partial charge < -0.3 is 8.83 Å². The molecule has 0 unspecified atom stereocenters. The zero-order valence-electron chi connectivity index (χ0n) is 97.0. The van der Waals surface area contributed by atoms with Crippen molar-refractivity contribution in [3.8, 4) is 66.8 Å². The van der Waals surface area contributed by atoms with Crippen LogP contribution >= 0.6 is 0 Å². The average Bonchev–Trinajstić information content (AvgIpc) is 1.51. The highest BCUT2D eigenvalue weighted by molar-refractivity contribution is 6.28. The van der Waals surface area contributed by atoms with Crippen LogP contribution < -0.4 is 0 Å². The highest BCUT2D eigenvalue weighted by Crippen LogP contribution is 2.51. The van der Waals surface area contributed by atoms with Gasteiger partial charge in [0.05, 0.1) is 61.7 Å². The maximum absolute atomic E-state index is 10.4. The standard InChI is InChI=1S/2C50H30O/c1-2-15-33-30-47-45(28-32(33)14-1)50-38(24-12-26-46(50)51-47)35-27-34-16-4-6-19-37(34)44(29-35)49-42-22-9-7-20-40(42)48(41-21-8-10-23-43(41)49)39-25-11-17-31-13-3-5-18-36(31)39;1-2-13-32-26-36(25-24-31(32)12-1)48-39-18-7-9-20-41(39)49(42-21-10-8-19-40(42)48)37-27-35-16-5-6-17-38(35)44(29-37)43-22-11-23-46-50(43)45-28-33-14-3-4-15-34(33)30-47(45)51-46/h2*1-30H/i1D,2D,3D,4D,5D,6D,7D,8D,9D,10D,11D,12D,13D,14D,15D,16D,17D,18D,19D,20D,21D,22D,23D,24D,25D,26D,27D,28D,29D,30D;1D,2D,7D,8D,9D,10D,12D,13D,18D,19D,20D,21D,24D,25D,26D. The average molecular weight is 1340 g/mol. The van der Waals surface area contributed by atoms with Crippen molar-refractivity contribution in [2.75, 3.05) is 0 Å². The molecule has 0 saturated heterocycles. The van der Waals surface area contributed by atoms with E-state index in [1.807, 2.05) is 78.9 Å². The van der Waals surface area contributed by atoms with E-state index in [0.29, 0.717) is 27.7 Å². The molecule has 0 N–H and O–H groups in total. The molecular weight excluding hydrogens is 1230 g/mol. The fourth-order valence-corrected chi connectivity index (χ4v) is 14.0. The predicted octanol–water partition coefficient (Wildman–Crippen LogP) is 28.7. The number of furan rings is 2. The molecule has 0 aliphatic heterocycles. The van der Waals surface area contributed by atoms with Crippen LogP contribution in [0.4, 0.5) is 0 Å². The predicted molar refractivity (Wildman–Crippen MR) is 435 cm³/mol. The zero-order chi connectivity index (χ0) is 106. The summed E-state index contributed by atoms with van der Waals surface area (Å²) in [7, 11) is 0. The molecule has 0 amide bonds. The van der Waals surface area contributed by atoms with E-state index in [1.54, 1.807) is 6.07 Å². The molecule has 0 radical (unpaired) electrons. The fourth-order valence-electron chi connectivity index (χ4n) is 14.0. The van der Waals surface area contributed by atoms with Crippen LogP contribution in [0.5, 0.6) is 0 Å². The summed E-state index contributed by atoms with van der Waals surface area (Å²) in [6, 6.07) is -10.2. The Kier molecular flexibility index (Phi) is 6.53. The summed E-state index contributed by atoms with van der Waals surface area (Å²) in [5.41, 5.74) is -4.10. The van der Waals surface area contributed by atoms with Crippen molar-refractivity contribution in [3.05, 3.63) is 363 Å². The molecule has 2 heterocycles. The van der Waals surface area contributed by atoms with Gasteiger partial charge >= 0.3 is 0 Å². The summed E-state index contributed by atoms with van der Waals surface area (Å²) in [6.45, 7) is 0. The summed E-state index contributed by atoms with van der Waals surface area (Å²) >= 11 is 0. The van der Waals surface area contributed by atoms with Crippen molar-refractivity contribution >= 4 is 152 Å². The summed E-state index contributed by atoms with van der Waals surface area (Å²) in [5.74, 6) is 0. The molecule has 2 heteroatoms. The fraction of sp³-hybridized carbons (Fsp3) is 0. The molecule has 0 bridgehead atoms. The van der Waals surface area contributed by atoms with Crippen LogP contribution in [0.15, 0.2) is 372 Å². The largest absolute Gasteiger partial charge is 0.456 e. The maximum atomic E-state index is 10.4. The number of benzene rings is 20. The minimum absolute atomic E-state index is 0.0249. The summed E-state index contributed by atoms with van der Waals surface area (Å²) in [6.07, 6.45) is 0. The van der Waals surface area contributed by atoms with Crippen LogP contribution in [-0.4, -0.2) is 0 Å².